The van der Waals surface area contributed by atoms with Crippen molar-refractivity contribution in [3.05, 3.63) is 12.2 Å². The number of aliphatic carboxylic acids is 1. The lowest BCUT2D eigenvalue weighted by Gasteiger charge is -2.18. The molecule has 4 nitrogen and oxygen atoms in total. The zero-order valence-electron chi connectivity index (χ0n) is 23.8. The van der Waals surface area contributed by atoms with Gasteiger partial charge in [0, 0.05) is 6.42 Å². The lowest BCUT2D eigenvalue weighted by atomic mass is 9.82. The summed E-state index contributed by atoms with van der Waals surface area (Å²) < 4.78 is 0. The third-order valence-corrected chi connectivity index (χ3v) is 8.74. The molecule has 0 radical (unpaired) electrons. The molecule has 4 heteroatoms. The maximum atomic E-state index is 12.6. The first kappa shape index (κ1) is 30.9. The van der Waals surface area contributed by atoms with Gasteiger partial charge in [0.25, 0.3) is 0 Å². The van der Waals surface area contributed by atoms with Gasteiger partial charge in [-0.2, -0.15) is 0 Å². The number of carbonyl (C=O) groups excluding carboxylic acids is 1. The van der Waals surface area contributed by atoms with Crippen LogP contribution in [-0.2, 0) is 9.59 Å². The zero-order chi connectivity index (χ0) is 26.1. The van der Waals surface area contributed by atoms with Crippen LogP contribution in [0.4, 0.5) is 0 Å². The molecule has 2 aliphatic rings. The average molecular weight is 504 g/mol. The van der Waals surface area contributed by atoms with Crippen molar-refractivity contribution in [3.8, 4) is 0 Å². The second-order valence-electron chi connectivity index (χ2n) is 11.6. The molecule has 0 bridgehead atoms. The number of nitrogens with zero attached hydrogens (tertiary/aromatic N) is 1. The van der Waals surface area contributed by atoms with Gasteiger partial charge in [-0.25, -0.2) is 0 Å². The second kappa shape index (κ2) is 18.0. The van der Waals surface area contributed by atoms with Gasteiger partial charge in [-0.3, -0.25) is 9.59 Å². The van der Waals surface area contributed by atoms with Crippen molar-refractivity contribution in [2.45, 2.75) is 173 Å². The summed E-state index contributed by atoms with van der Waals surface area (Å²) in [5.74, 6) is -1.16. The van der Waals surface area contributed by atoms with Gasteiger partial charge in [0.15, 0.2) is 0 Å². The molecule has 0 spiro atoms. The Morgan fingerprint density at radius 3 is 1.78 bits per heavy atom. The van der Waals surface area contributed by atoms with E-state index in [0.29, 0.717) is 0 Å². The number of piperidine rings is 1. The summed E-state index contributed by atoms with van der Waals surface area (Å²) in [6.45, 7) is 4.51. The second-order valence-corrected chi connectivity index (χ2v) is 11.6. The minimum absolute atomic E-state index is 0.0862. The Morgan fingerprint density at radius 2 is 1.25 bits per heavy atom. The summed E-state index contributed by atoms with van der Waals surface area (Å²) in [4.78, 5) is 26.5. The first-order valence-electron chi connectivity index (χ1n) is 15.8. The number of amides is 1. The van der Waals surface area contributed by atoms with Crippen LogP contribution < -0.4 is 0 Å². The average Bonchev–Trinajstić information content (AvgIpc) is 3.40. The van der Waals surface area contributed by atoms with Crippen LogP contribution in [0.3, 0.4) is 0 Å². The molecule has 3 unspecified atom stereocenters. The van der Waals surface area contributed by atoms with Gasteiger partial charge in [-0.05, 0) is 38.5 Å². The van der Waals surface area contributed by atoms with E-state index < -0.39 is 11.9 Å². The standard InChI is InChI=1S/C32H57NO3/c1-3-5-7-9-11-12-13-14-15-16-17-18-19-21-23-25-29-32(26-24-22-20-10-8-6-4-2)28(31(35)36)27-30(34)33(29)32/h14-15,28-29H,3-13,16-27H2,1-2H3,(H,35,36)/b15-14-. The highest BCUT2D eigenvalue weighted by Gasteiger charge is 2.73. The van der Waals surface area contributed by atoms with E-state index in [9.17, 15) is 14.7 Å². The first-order chi connectivity index (χ1) is 17.6. The van der Waals surface area contributed by atoms with Crippen LogP contribution in [0.15, 0.2) is 12.2 Å². The quantitative estimate of drug-likeness (QED) is 0.0811. The summed E-state index contributed by atoms with van der Waals surface area (Å²) in [6, 6.07) is 0.185. The zero-order valence-corrected chi connectivity index (χ0v) is 23.8. The van der Waals surface area contributed by atoms with E-state index in [1.807, 2.05) is 4.90 Å². The molecule has 2 rings (SSSR count). The van der Waals surface area contributed by atoms with Crippen molar-refractivity contribution in [2.24, 2.45) is 5.92 Å². The monoisotopic (exact) mass is 503 g/mol. The Bertz CT molecular complexity index is 645. The highest BCUT2D eigenvalue weighted by molar-refractivity contribution is 5.92. The summed E-state index contributed by atoms with van der Waals surface area (Å²) in [7, 11) is 0. The van der Waals surface area contributed by atoms with Crippen LogP contribution in [0.1, 0.15) is 162 Å². The van der Waals surface area contributed by atoms with Gasteiger partial charge in [0.05, 0.1) is 17.5 Å². The van der Waals surface area contributed by atoms with Crippen molar-refractivity contribution in [1.29, 1.82) is 0 Å². The molecule has 3 atom stereocenters. The molecule has 2 saturated heterocycles. The van der Waals surface area contributed by atoms with Crippen LogP contribution >= 0.6 is 0 Å². The number of hydrogen-bond donors (Lipinski definition) is 1. The fraction of sp³-hybridized carbons (Fsp3) is 0.875. The third kappa shape index (κ3) is 9.86. The Hall–Kier alpha value is -1.32. The van der Waals surface area contributed by atoms with Crippen LogP contribution in [0.2, 0.25) is 0 Å². The maximum absolute atomic E-state index is 12.6. The predicted octanol–water partition coefficient (Wildman–Crippen LogP) is 9.22. The molecule has 208 valence electrons. The molecule has 2 fully saturated rings. The lowest BCUT2D eigenvalue weighted by molar-refractivity contribution is -0.143. The van der Waals surface area contributed by atoms with Crippen molar-refractivity contribution in [3.63, 3.8) is 0 Å². The van der Waals surface area contributed by atoms with Crippen LogP contribution in [-0.4, -0.2) is 33.5 Å². The van der Waals surface area contributed by atoms with E-state index in [1.165, 1.54) is 116 Å². The maximum Gasteiger partial charge on any atom is 0.309 e. The number of carboxylic acids is 1. The Balaban J connectivity index is 1.57. The molecule has 36 heavy (non-hydrogen) atoms. The minimum atomic E-state index is -0.763. The Morgan fingerprint density at radius 1 is 0.778 bits per heavy atom. The van der Waals surface area contributed by atoms with E-state index in [-0.39, 0.29) is 23.9 Å². The number of allylic oxidation sites excluding steroid dienone is 2. The fourth-order valence-corrected chi connectivity index (χ4v) is 6.58. The molecular weight excluding hydrogens is 446 g/mol. The highest BCUT2D eigenvalue weighted by atomic mass is 16.4. The van der Waals surface area contributed by atoms with Crippen molar-refractivity contribution >= 4 is 11.9 Å². The number of carbonyl (C=O) groups is 2. The van der Waals surface area contributed by atoms with Crippen LogP contribution in [0.5, 0.6) is 0 Å². The van der Waals surface area contributed by atoms with E-state index in [2.05, 4.69) is 26.0 Å². The number of unbranched alkanes of at least 4 members (excludes halogenated alkanes) is 17. The normalized spacial score (nSPS) is 23.1. The smallest absolute Gasteiger partial charge is 0.309 e. The van der Waals surface area contributed by atoms with Crippen LogP contribution in [0, 0.1) is 5.92 Å². The van der Waals surface area contributed by atoms with Gasteiger partial charge in [-0.15, -0.1) is 0 Å². The minimum Gasteiger partial charge on any atom is -0.481 e. The van der Waals surface area contributed by atoms with Gasteiger partial charge in [-0.1, -0.05) is 129 Å². The molecule has 2 heterocycles. The van der Waals surface area contributed by atoms with Gasteiger partial charge < -0.3 is 10.0 Å². The molecule has 1 N–H and O–H groups in total. The summed E-state index contributed by atoms with van der Waals surface area (Å²) in [5, 5.41) is 9.83. The molecule has 1 amide bonds. The van der Waals surface area contributed by atoms with E-state index in [4.69, 9.17) is 0 Å². The first-order valence-corrected chi connectivity index (χ1v) is 15.8. The van der Waals surface area contributed by atoms with E-state index in [0.717, 1.165) is 25.7 Å². The molecule has 0 aromatic heterocycles. The van der Waals surface area contributed by atoms with Gasteiger partial charge in [0.1, 0.15) is 0 Å². The van der Waals surface area contributed by atoms with Crippen molar-refractivity contribution < 1.29 is 14.7 Å². The largest absolute Gasteiger partial charge is 0.481 e. The number of rotatable bonds is 24. The molecule has 0 aromatic carbocycles. The van der Waals surface area contributed by atoms with Gasteiger partial charge >= 0.3 is 5.97 Å². The van der Waals surface area contributed by atoms with E-state index >= 15 is 0 Å². The predicted molar refractivity (Wildman–Crippen MR) is 151 cm³/mol. The summed E-state index contributed by atoms with van der Waals surface area (Å²) >= 11 is 0. The molecular formula is C32H57NO3. The van der Waals surface area contributed by atoms with Crippen LogP contribution in [0.25, 0.3) is 0 Å². The highest BCUT2D eigenvalue weighted by Crippen LogP contribution is 2.58. The fourth-order valence-electron chi connectivity index (χ4n) is 6.58. The Kier molecular flexibility index (Phi) is 15.5. The molecule has 0 aromatic rings. The topological polar surface area (TPSA) is 57.4 Å². The molecule has 0 aliphatic carbocycles. The van der Waals surface area contributed by atoms with Crippen molar-refractivity contribution in [1.82, 2.24) is 4.90 Å². The van der Waals surface area contributed by atoms with Gasteiger partial charge in [0.2, 0.25) is 5.91 Å². The summed E-state index contributed by atoms with van der Waals surface area (Å²) in [5.41, 5.74) is -0.354. The molecule has 2 aliphatic heterocycles. The number of carboxylic acid groups (broad SMARTS) is 1. The number of fused-ring (bicyclic) bond motifs is 1. The third-order valence-electron chi connectivity index (χ3n) is 8.74. The molecule has 0 saturated carbocycles. The lowest BCUT2D eigenvalue weighted by Crippen LogP contribution is -2.32. The van der Waals surface area contributed by atoms with Crippen molar-refractivity contribution in [2.75, 3.05) is 0 Å². The SMILES string of the molecule is CCCCCCCC/C=C\CCCCCCCC1N2C(=O)CC(C(=O)O)C12CCCCCCCCC. The van der Waals surface area contributed by atoms with E-state index in [1.54, 1.807) is 0 Å². The Labute approximate surface area is 222 Å². The number of hydrogen-bond acceptors (Lipinski definition) is 2. The summed E-state index contributed by atoms with van der Waals surface area (Å²) in [6.07, 6.45) is 32.2.